The molecule has 0 spiro atoms. The Morgan fingerprint density at radius 3 is 2.60 bits per heavy atom. The summed E-state index contributed by atoms with van der Waals surface area (Å²) >= 11 is 3.22. The van der Waals surface area contributed by atoms with E-state index >= 15 is 0 Å². The second-order valence-corrected chi connectivity index (χ2v) is 7.42. The van der Waals surface area contributed by atoms with Gasteiger partial charge in [-0.15, -0.1) is 0 Å². The number of sulfone groups is 1. The maximum absolute atomic E-state index is 11.9. The van der Waals surface area contributed by atoms with Crippen molar-refractivity contribution in [2.24, 2.45) is 10.9 Å². The van der Waals surface area contributed by atoms with Crippen molar-refractivity contribution in [3.8, 4) is 0 Å². The molecule has 4 N–H and O–H groups in total. The molecule has 1 aromatic carbocycles. The standard InChI is InChI=1S/C11H14BrN3O4S/c1-6(20(2,18)19)11(16)14-9-5-7(12)3-4-8(9)10(13)15-17/h3-6,17H,1-2H3,(H2,13,15)(H,14,16). The average Bonchev–Trinajstić information content (AvgIpc) is 2.36. The Morgan fingerprint density at radius 2 is 2.10 bits per heavy atom. The first-order valence-corrected chi connectivity index (χ1v) is 8.18. The van der Waals surface area contributed by atoms with E-state index in [0.717, 1.165) is 6.26 Å². The molecule has 1 aromatic rings. The number of carbonyl (C=O) groups is 1. The summed E-state index contributed by atoms with van der Waals surface area (Å²) in [4.78, 5) is 11.9. The second kappa shape index (κ2) is 6.23. The van der Waals surface area contributed by atoms with E-state index in [2.05, 4.69) is 26.4 Å². The van der Waals surface area contributed by atoms with E-state index < -0.39 is 21.0 Å². The fraction of sp³-hybridized carbons (Fsp3) is 0.273. The summed E-state index contributed by atoms with van der Waals surface area (Å²) in [5, 5.41) is 12.8. The highest BCUT2D eigenvalue weighted by Crippen LogP contribution is 2.22. The maximum atomic E-state index is 11.9. The van der Waals surface area contributed by atoms with Crippen molar-refractivity contribution in [3.63, 3.8) is 0 Å². The fourth-order valence-electron chi connectivity index (χ4n) is 1.33. The van der Waals surface area contributed by atoms with Crippen LogP contribution in [0.15, 0.2) is 27.8 Å². The molecule has 1 unspecified atom stereocenters. The number of oxime groups is 1. The SMILES string of the molecule is CC(C(=O)Nc1cc(Br)ccc1/C(N)=N/O)S(C)(=O)=O. The van der Waals surface area contributed by atoms with Gasteiger partial charge in [-0.05, 0) is 25.1 Å². The normalized spacial score (nSPS) is 13.8. The van der Waals surface area contributed by atoms with E-state index in [9.17, 15) is 13.2 Å². The van der Waals surface area contributed by atoms with Crippen molar-refractivity contribution in [2.75, 3.05) is 11.6 Å². The predicted molar refractivity (Wildman–Crippen MR) is 79.6 cm³/mol. The Balaban J connectivity index is 3.15. The van der Waals surface area contributed by atoms with Crippen molar-refractivity contribution in [3.05, 3.63) is 28.2 Å². The largest absolute Gasteiger partial charge is 0.409 e. The smallest absolute Gasteiger partial charge is 0.242 e. The Labute approximate surface area is 124 Å². The highest BCUT2D eigenvalue weighted by Gasteiger charge is 2.24. The van der Waals surface area contributed by atoms with Crippen LogP contribution >= 0.6 is 15.9 Å². The number of amidine groups is 1. The first kappa shape index (κ1) is 16.4. The van der Waals surface area contributed by atoms with Gasteiger partial charge in [0.1, 0.15) is 5.25 Å². The van der Waals surface area contributed by atoms with Crippen LogP contribution in [0.5, 0.6) is 0 Å². The quantitative estimate of drug-likeness (QED) is 0.317. The van der Waals surface area contributed by atoms with E-state index in [-0.39, 0.29) is 17.1 Å². The van der Waals surface area contributed by atoms with Gasteiger partial charge in [0.05, 0.1) is 5.69 Å². The number of amides is 1. The molecule has 9 heteroatoms. The summed E-state index contributed by atoms with van der Waals surface area (Å²) < 4.78 is 23.3. The Kier molecular flexibility index (Phi) is 5.12. The lowest BCUT2D eigenvalue weighted by molar-refractivity contribution is -0.115. The Hall–Kier alpha value is -1.61. The summed E-state index contributed by atoms with van der Waals surface area (Å²) in [6, 6.07) is 4.70. The molecule has 20 heavy (non-hydrogen) atoms. The van der Waals surface area contributed by atoms with Crippen LogP contribution < -0.4 is 11.1 Å². The minimum Gasteiger partial charge on any atom is -0.409 e. The number of hydrogen-bond donors (Lipinski definition) is 3. The maximum Gasteiger partial charge on any atom is 0.242 e. The van der Waals surface area contributed by atoms with Crippen molar-refractivity contribution < 1.29 is 18.4 Å². The minimum atomic E-state index is -3.51. The number of hydrogen-bond acceptors (Lipinski definition) is 5. The molecule has 0 aromatic heterocycles. The number of nitrogens with one attached hydrogen (secondary N) is 1. The van der Waals surface area contributed by atoms with E-state index in [4.69, 9.17) is 10.9 Å². The number of carbonyl (C=O) groups excluding carboxylic acids is 1. The van der Waals surface area contributed by atoms with Gasteiger partial charge in [0.2, 0.25) is 5.91 Å². The van der Waals surface area contributed by atoms with Crippen LogP contribution in [0.2, 0.25) is 0 Å². The summed E-state index contributed by atoms with van der Waals surface area (Å²) in [6.45, 7) is 1.28. The van der Waals surface area contributed by atoms with Crippen molar-refractivity contribution in [2.45, 2.75) is 12.2 Å². The zero-order chi connectivity index (χ0) is 15.5. The number of benzene rings is 1. The molecule has 0 fully saturated rings. The molecule has 0 heterocycles. The number of nitrogens with zero attached hydrogens (tertiary/aromatic N) is 1. The molecule has 7 nitrogen and oxygen atoms in total. The van der Waals surface area contributed by atoms with Gasteiger partial charge in [-0.2, -0.15) is 0 Å². The highest BCUT2D eigenvalue weighted by molar-refractivity contribution is 9.10. The van der Waals surface area contributed by atoms with Crippen LogP contribution in [-0.4, -0.2) is 36.9 Å². The molecule has 0 radical (unpaired) electrons. The monoisotopic (exact) mass is 363 g/mol. The fourth-order valence-corrected chi connectivity index (χ4v) is 2.13. The Bertz CT molecular complexity index is 658. The third kappa shape index (κ3) is 3.94. The zero-order valence-electron chi connectivity index (χ0n) is 10.8. The van der Waals surface area contributed by atoms with E-state index in [1.165, 1.54) is 19.1 Å². The van der Waals surface area contributed by atoms with Gasteiger partial charge in [0.25, 0.3) is 0 Å². The molecule has 0 saturated heterocycles. The molecule has 0 saturated carbocycles. The summed E-state index contributed by atoms with van der Waals surface area (Å²) in [5.74, 6) is -0.891. The van der Waals surface area contributed by atoms with Gasteiger partial charge in [0, 0.05) is 16.3 Å². The average molecular weight is 364 g/mol. The van der Waals surface area contributed by atoms with Crippen molar-refractivity contribution in [1.82, 2.24) is 0 Å². The molecule has 0 aliphatic carbocycles. The van der Waals surface area contributed by atoms with Crippen LogP contribution in [0.1, 0.15) is 12.5 Å². The number of nitrogens with two attached hydrogens (primary N) is 1. The van der Waals surface area contributed by atoms with Gasteiger partial charge in [-0.1, -0.05) is 21.1 Å². The first-order valence-electron chi connectivity index (χ1n) is 5.44. The molecule has 1 atom stereocenters. The van der Waals surface area contributed by atoms with Crippen LogP contribution in [0.25, 0.3) is 0 Å². The lowest BCUT2D eigenvalue weighted by atomic mass is 10.1. The molecule has 0 aliphatic rings. The van der Waals surface area contributed by atoms with Crippen LogP contribution in [0.3, 0.4) is 0 Å². The highest BCUT2D eigenvalue weighted by atomic mass is 79.9. The van der Waals surface area contributed by atoms with Crippen molar-refractivity contribution >= 4 is 43.2 Å². The van der Waals surface area contributed by atoms with Gasteiger partial charge in [0.15, 0.2) is 15.7 Å². The second-order valence-electron chi connectivity index (χ2n) is 4.14. The van der Waals surface area contributed by atoms with Crippen LogP contribution in [0, 0.1) is 0 Å². The third-order valence-corrected chi connectivity index (χ3v) is 4.63. The predicted octanol–water partition coefficient (Wildman–Crippen LogP) is 0.915. The third-order valence-electron chi connectivity index (χ3n) is 2.63. The van der Waals surface area contributed by atoms with Gasteiger partial charge >= 0.3 is 0 Å². The van der Waals surface area contributed by atoms with Gasteiger partial charge < -0.3 is 16.3 Å². The van der Waals surface area contributed by atoms with E-state index in [1.807, 2.05) is 0 Å². The lowest BCUT2D eigenvalue weighted by Crippen LogP contribution is -2.32. The molecular weight excluding hydrogens is 350 g/mol. The van der Waals surface area contributed by atoms with E-state index in [1.54, 1.807) is 6.07 Å². The zero-order valence-corrected chi connectivity index (χ0v) is 13.2. The van der Waals surface area contributed by atoms with Gasteiger partial charge in [-0.25, -0.2) is 8.42 Å². The molecule has 0 aliphatic heterocycles. The minimum absolute atomic E-state index is 0.195. The first-order chi connectivity index (χ1) is 9.16. The van der Waals surface area contributed by atoms with Crippen molar-refractivity contribution in [1.29, 1.82) is 0 Å². The molecule has 1 rings (SSSR count). The molecule has 110 valence electrons. The number of anilines is 1. The van der Waals surface area contributed by atoms with Crippen LogP contribution in [-0.2, 0) is 14.6 Å². The number of rotatable bonds is 4. The van der Waals surface area contributed by atoms with E-state index in [0.29, 0.717) is 4.47 Å². The lowest BCUT2D eigenvalue weighted by Gasteiger charge is -2.13. The summed E-state index contributed by atoms with van der Waals surface area (Å²) in [7, 11) is -3.51. The summed E-state index contributed by atoms with van der Waals surface area (Å²) in [5.41, 5.74) is 6.03. The van der Waals surface area contributed by atoms with Gasteiger partial charge in [-0.3, -0.25) is 4.79 Å². The molecular formula is C11H14BrN3O4S. The number of halogens is 1. The van der Waals surface area contributed by atoms with Crippen LogP contribution in [0.4, 0.5) is 5.69 Å². The Morgan fingerprint density at radius 1 is 1.50 bits per heavy atom. The molecule has 1 amide bonds. The molecule has 0 bridgehead atoms. The summed E-state index contributed by atoms with van der Waals surface area (Å²) in [6.07, 6.45) is 0.975. The topological polar surface area (TPSA) is 122 Å².